The third-order valence-corrected chi connectivity index (χ3v) is 7.24. The fourth-order valence-corrected chi connectivity index (χ4v) is 4.81. The predicted molar refractivity (Wildman–Crippen MR) is 173 cm³/mol. The van der Waals surface area contributed by atoms with Crippen molar-refractivity contribution in [3.63, 3.8) is 0 Å². The van der Waals surface area contributed by atoms with E-state index in [0.717, 1.165) is 42.9 Å². The van der Waals surface area contributed by atoms with Gasteiger partial charge in [-0.25, -0.2) is 4.79 Å². The van der Waals surface area contributed by atoms with Crippen LogP contribution < -0.4 is 20.7 Å². The number of anilines is 1. The fourth-order valence-electron chi connectivity index (χ4n) is 4.56. The average molecular weight is 567 g/mol. The molecule has 0 aromatic heterocycles. The quantitative estimate of drug-likeness (QED) is 0.0524. The smallest absolute Gasteiger partial charge is 0.410 e. The molecule has 4 N–H and O–H groups in total. The molecule has 2 aromatic rings. The third kappa shape index (κ3) is 16.2. The Morgan fingerprint density at radius 1 is 0.800 bits per heavy atom. The maximum absolute atomic E-state index is 12.5. The van der Waals surface area contributed by atoms with Gasteiger partial charge in [0.25, 0.3) is 0 Å². The van der Waals surface area contributed by atoms with Gasteiger partial charge in [0.05, 0.1) is 11.0 Å². The van der Waals surface area contributed by atoms with Gasteiger partial charge >= 0.3 is 6.09 Å². The van der Waals surface area contributed by atoms with Gasteiger partial charge in [0.1, 0.15) is 11.6 Å². The summed E-state index contributed by atoms with van der Waals surface area (Å²) in [5, 5.41) is 17.9. The molecule has 0 bridgehead atoms. The minimum atomic E-state index is -0.568. The zero-order valence-corrected chi connectivity index (χ0v) is 25.2. The molecule has 2 aromatic carbocycles. The molecule has 6 nitrogen and oxygen atoms in total. The van der Waals surface area contributed by atoms with Crippen LogP contribution in [0.5, 0.6) is 5.75 Å². The van der Waals surface area contributed by atoms with Crippen LogP contribution in [-0.4, -0.2) is 29.5 Å². The summed E-state index contributed by atoms with van der Waals surface area (Å²) in [6.07, 6.45) is 17.5. The monoisotopic (exact) mass is 566 g/mol. The van der Waals surface area contributed by atoms with E-state index < -0.39 is 12.1 Å². The number of unbranched alkanes of at least 4 members (excludes halogenated alkanes) is 11. The number of carbonyl (C=O) groups is 1. The number of hydrogen-bond donors (Lipinski definition) is 4. The van der Waals surface area contributed by atoms with Crippen molar-refractivity contribution in [1.82, 2.24) is 10.6 Å². The summed E-state index contributed by atoms with van der Waals surface area (Å²) >= 11 is 5.53. The van der Waals surface area contributed by atoms with E-state index in [1.54, 1.807) is 12.1 Å². The number of para-hydroxylation sites is 2. The minimum absolute atomic E-state index is 0.233. The van der Waals surface area contributed by atoms with Gasteiger partial charge in [-0.1, -0.05) is 120 Å². The molecule has 0 heterocycles. The Morgan fingerprint density at radius 2 is 1.38 bits per heavy atom. The summed E-state index contributed by atoms with van der Waals surface area (Å²) in [4.78, 5) is 13.5. The van der Waals surface area contributed by atoms with Crippen LogP contribution in [0.15, 0.2) is 60.7 Å². The lowest BCUT2D eigenvalue weighted by atomic mass is 10.1. The molecule has 2 rings (SSSR count). The minimum Gasteiger partial charge on any atom is -0.410 e. The largest absolute Gasteiger partial charge is 0.413 e. The maximum atomic E-state index is 12.5. The van der Waals surface area contributed by atoms with Gasteiger partial charge in [0.2, 0.25) is 0 Å². The van der Waals surface area contributed by atoms with Crippen molar-refractivity contribution in [3.8, 4) is 5.75 Å². The highest BCUT2D eigenvalue weighted by Crippen LogP contribution is 2.13. The molecule has 0 fully saturated rings. The van der Waals surface area contributed by atoms with Gasteiger partial charge < -0.3 is 20.7 Å². The van der Waals surface area contributed by atoms with Crippen molar-refractivity contribution >= 4 is 34.8 Å². The molecular weight excluding hydrogens is 516 g/mol. The zero-order chi connectivity index (χ0) is 28.7. The first-order valence-corrected chi connectivity index (χ1v) is 15.7. The Balaban J connectivity index is 1.61. The topological polar surface area (TPSA) is 86.2 Å². The molecule has 220 valence electrons. The number of rotatable bonds is 21. The Morgan fingerprint density at radius 3 is 2.00 bits per heavy atom. The van der Waals surface area contributed by atoms with Crippen molar-refractivity contribution < 1.29 is 9.53 Å². The predicted octanol–water partition coefficient (Wildman–Crippen LogP) is 9.02. The SMILES string of the molecule is CCCCCCCCCCCCCC(=S)NCCCCC(NC(=O)Oc1ccccc1)C(=N)Nc1ccccc1. The maximum Gasteiger partial charge on any atom is 0.413 e. The van der Waals surface area contributed by atoms with Crippen molar-refractivity contribution in [1.29, 1.82) is 5.41 Å². The summed E-state index contributed by atoms with van der Waals surface area (Å²) in [6, 6.07) is 18.0. The lowest BCUT2D eigenvalue weighted by Gasteiger charge is -2.21. The summed E-state index contributed by atoms with van der Waals surface area (Å²) in [5.41, 5.74) is 0.810. The van der Waals surface area contributed by atoms with E-state index in [2.05, 4.69) is 22.9 Å². The molecule has 1 unspecified atom stereocenters. The highest BCUT2D eigenvalue weighted by molar-refractivity contribution is 7.80. The molecule has 0 saturated heterocycles. The van der Waals surface area contributed by atoms with E-state index in [-0.39, 0.29) is 5.84 Å². The standard InChI is InChI=1S/C33H50N4O2S/c1-2-3-4-5-6-7-8-9-10-11-18-26-31(40)35-27-20-19-25-30(32(34)36-28-21-14-12-15-22-28)37-33(38)39-29-23-16-13-17-24-29/h12-17,21-24,30H,2-11,18-20,25-27H2,1H3,(H2,34,36)(H,35,40)(H,37,38). The number of benzene rings is 2. The molecule has 1 atom stereocenters. The first-order valence-electron chi connectivity index (χ1n) is 15.3. The molecule has 0 aliphatic rings. The lowest BCUT2D eigenvalue weighted by Crippen LogP contribution is -2.44. The molecule has 0 aliphatic carbocycles. The second-order valence-corrected chi connectivity index (χ2v) is 10.9. The van der Waals surface area contributed by atoms with E-state index in [0.29, 0.717) is 12.2 Å². The number of thiocarbonyl (C=S) groups is 1. The Hall–Kier alpha value is -2.93. The van der Waals surface area contributed by atoms with Gasteiger partial charge in [-0.05, 0) is 56.4 Å². The molecular formula is C33H50N4O2S. The van der Waals surface area contributed by atoms with Crippen LogP contribution in [0, 0.1) is 5.41 Å². The second kappa shape index (κ2) is 21.8. The summed E-state index contributed by atoms with van der Waals surface area (Å²) < 4.78 is 5.39. The number of amides is 1. The van der Waals surface area contributed by atoms with Crippen LogP contribution in [0.25, 0.3) is 0 Å². The lowest BCUT2D eigenvalue weighted by molar-refractivity contribution is 0.198. The van der Waals surface area contributed by atoms with Crippen LogP contribution >= 0.6 is 12.2 Å². The number of hydrogen-bond acceptors (Lipinski definition) is 4. The summed E-state index contributed by atoms with van der Waals surface area (Å²) in [6.45, 7) is 3.07. The van der Waals surface area contributed by atoms with Crippen LogP contribution in [-0.2, 0) is 0 Å². The molecule has 0 saturated carbocycles. The molecule has 40 heavy (non-hydrogen) atoms. The van der Waals surface area contributed by atoms with Gasteiger partial charge in [-0.3, -0.25) is 5.41 Å². The van der Waals surface area contributed by atoms with Crippen molar-refractivity contribution in [2.45, 2.75) is 109 Å². The first-order chi connectivity index (χ1) is 19.6. The van der Waals surface area contributed by atoms with E-state index in [9.17, 15) is 4.79 Å². The zero-order valence-electron chi connectivity index (χ0n) is 24.4. The van der Waals surface area contributed by atoms with Crippen LogP contribution in [0.2, 0.25) is 0 Å². The molecule has 0 aliphatic heterocycles. The van der Waals surface area contributed by atoms with E-state index in [4.69, 9.17) is 22.4 Å². The molecule has 0 spiro atoms. The van der Waals surface area contributed by atoms with Crippen molar-refractivity contribution in [2.24, 2.45) is 0 Å². The number of nitrogens with one attached hydrogen (secondary N) is 4. The first kappa shape index (κ1) is 33.3. The number of amidine groups is 1. The van der Waals surface area contributed by atoms with Crippen molar-refractivity contribution in [3.05, 3.63) is 60.7 Å². The second-order valence-electron chi connectivity index (χ2n) is 10.4. The van der Waals surface area contributed by atoms with Gasteiger partial charge in [0, 0.05) is 12.2 Å². The van der Waals surface area contributed by atoms with E-state index >= 15 is 0 Å². The molecule has 0 radical (unpaired) electrons. The summed E-state index contributed by atoms with van der Waals surface area (Å²) in [5.74, 6) is 0.702. The van der Waals surface area contributed by atoms with Gasteiger partial charge in [0.15, 0.2) is 0 Å². The Bertz CT molecular complexity index is 955. The molecule has 7 heteroatoms. The number of carbonyl (C=O) groups excluding carboxylic acids is 1. The summed E-state index contributed by atoms with van der Waals surface area (Å²) in [7, 11) is 0. The Labute approximate surface area is 247 Å². The third-order valence-electron chi connectivity index (χ3n) is 6.90. The van der Waals surface area contributed by atoms with E-state index in [1.165, 1.54) is 64.2 Å². The van der Waals surface area contributed by atoms with Crippen LogP contribution in [0.3, 0.4) is 0 Å². The van der Waals surface area contributed by atoms with Crippen LogP contribution in [0.1, 0.15) is 103 Å². The highest BCUT2D eigenvalue weighted by atomic mass is 32.1. The Kier molecular flexibility index (Phi) is 18.2. The molecule has 1 amide bonds. The highest BCUT2D eigenvalue weighted by Gasteiger charge is 2.19. The van der Waals surface area contributed by atoms with E-state index in [1.807, 2.05) is 48.5 Å². The fraction of sp³-hybridized carbons (Fsp3) is 0.545. The average Bonchev–Trinajstić information content (AvgIpc) is 2.96. The normalized spacial score (nSPS) is 11.4. The number of ether oxygens (including phenoxy) is 1. The van der Waals surface area contributed by atoms with Crippen molar-refractivity contribution in [2.75, 3.05) is 11.9 Å². The van der Waals surface area contributed by atoms with Gasteiger partial charge in [-0.15, -0.1) is 0 Å². The van der Waals surface area contributed by atoms with Gasteiger partial charge in [-0.2, -0.15) is 0 Å². The van der Waals surface area contributed by atoms with Crippen LogP contribution in [0.4, 0.5) is 10.5 Å².